The number of aromatic nitrogens is 2. The predicted octanol–water partition coefficient (Wildman–Crippen LogP) is 4.80. The van der Waals surface area contributed by atoms with Gasteiger partial charge in [-0.15, -0.1) is 0 Å². The third kappa shape index (κ3) is 4.67. The van der Waals surface area contributed by atoms with E-state index < -0.39 is 0 Å². The highest BCUT2D eigenvalue weighted by atomic mass is 35.5. The van der Waals surface area contributed by atoms with Crippen molar-refractivity contribution >= 4 is 23.2 Å². The first-order valence-corrected chi connectivity index (χ1v) is 8.53. The number of benzene rings is 2. The highest BCUT2D eigenvalue weighted by Crippen LogP contribution is 2.19. The molecule has 1 amide bonds. The molecule has 7 heteroatoms. The van der Waals surface area contributed by atoms with Crippen molar-refractivity contribution in [2.45, 2.75) is 26.2 Å². The van der Waals surface area contributed by atoms with Crippen LogP contribution in [-0.2, 0) is 11.2 Å². The van der Waals surface area contributed by atoms with Crippen molar-refractivity contribution in [3.05, 3.63) is 64.8 Å². The lowest BCUT2D eigenvalue weighted by molar-refractivity contribution is -0.116. The molecular formula is C19H17ClFN3O2. The number of halogens is 2. The van der Waals surface area contributed by atoms with Gasteiger partial charge in [-0.3, -0.25) is 4.79 Å². The van der Waals surface area contributed by atoms with Crippen LogP contribution in [0.1, 0.15) is 24.3 Å². The Labute approximate surface area is 155 Å². The summed E-state index contributed by atoms with van der Waals surface area (Å²) < 4.78 is 18.7. The minimum atomic E-state index is -0.344. The minimum absolute atomic E-state index is 0.189. The van der Waals surface area contributed by atoms with Gasteiger partial charge >= 0.3 is 0 Å². The zero-order valence-electron chi connectivity index (χ0n) is 14.1. The summed E-state index contributed by atoms with van der Waals surface area (Å²) in [6, 6.07) is 11.7. The maximum atomic E-state index is 13.5. The first kappa shape index (κ1) is 18.1. The van der Waals surface area contributed by atoms with E-state index in [9.17, 15) is 9.18 Å². The molecule has 0 unspecified atom stereocenters. The van der Waals surface area contributed by atoms with E-state index in [1.807, 2.05) is 12.1 Å². The Morgan fingerprint density at radius 1 is 1.23 bits per heavy atom. The Kier molecular flexibility index (Phi) is 5.63. The molecule has 1 N–H and O–H groups in total. The van der Waals surface area contributed by atoms with Gasteiger partial charge in [0.15, 0.2) is 0 Å². The normalized spacial score (nSPS) is 10.7. The molecule has 0 fully saturated rings. The van der Waals surface area contributed by atoms with Crippen LogP contribution < -0.4 is 5.32 Å². The molecule has 0 aliphatic carbocycles. The average Bonchev–Trinajstić information content (AvgIpc) is 3.08. The van der Waals surface area contributed by atoms with Crippen molar-refractivity contribution in [2.75, 3.05) is 5.32 Å². The summed E-state index contributed by atoms with van der Waals surface area (Å²) in [7, 11) is 0. The third-order valence-electron chi connectivity index (χ3n) is 3.82. The van der Waals surface area contributed by atoms with Crippen molar-refractivity contribution in [1.29, 1.82) is 0 Å². The Balaban J connectivity index is 1.49. The zero-order chi connectivity index (χ0) is 18.5. The Hall–Kier alpha value is -2.73. The summed E-state index contributed by atoms with van der Waals surface area (Å²) in [6.07, 6.45) is 1.30. The molecule has 1 aromatic heterocycles. The lowest BCUT2D eigenvalue weighted by Crippen LogP contribution is -2.11. The van der Waals surface area contributed by atoms with Crippen molar-refractivity contribution in [1.82, 2.24) is 10.1 Å². The van der Waals surface area contributed by atoms with Crippen LogP contribution in [0.2, 0.25) is 5.02 Å². The molecule has 2 aromatic carbocycles. The summed E-state index contributed by atoms with van der Waals surface area (Å²) in [4.78, 5) is 16.3. The largest absolute Gasteiger partial charge is 0.339 e. The maximum Gasteiger partial charge on any atom is 0.226 e. The van der Waals surface area contributed by atoms with Crippen molar-refractivity contribution < 1.29 is 13.7 Å². The fraction of sp³-hybridized carbons (Fsp3) is 0.211. The van der Waals surface area contributed by atoms with E-state index >= 15 is 0 Å². The maximum absolute atomic E-state index is 13.5. The van der Waals surface area contributed by atoms with E-state index in [1.54, 1.807) is 31.2 Å². The molecule has 26 heavy (non-hydrogen) atoms. The molecular weight excluding hydrogens is 357 g/mol. The van der Waals surface area contributed by atoms with E-state index in [-0.39, 0.29) is 18.1 Å². The standard InChI is InChI=1S/C19H17ClFN3O2/c1-12-5-10-15(11-16(12)21)22-17(25)3-2-4-18-23-19(24-26-18)13-6-8-14(20)9-7-13/h5-11H,2-4H2,1H3,(H,22,25). The van der Waals surface area contributed by atoms with Gasteiger partial charge in [-0.2, -0.15) is 4.98 Å². The van der Waals surface area contributed by atoms with Crippen molar-refractivity contribution in [3.8, 4) is 11.4 Å². The number of amides is 1. The second kappa shape index (κ2) is 8.10. The van der Waals surface area contributed by atoms with Gasteiger partial charge in [-0.05, 0) is 55.3 Å². The molecule has 3 rings (SSSR count). The molecule has 134 valence electrons. The van der Waals surface area contributed by atoms with E-state index in [4.69, 9.17) is 16.1 Å². The number of hydrogen-bond acceptors (Lipinski definition) is 4. The average molecular weight is 374 g/mol. The van der Waals surface area contributed by atoms with Gasteiger partial charge in [-0.1, -0.05) is 22.8 Å². The Bertz CT molecular complexity index is 909. The third-order valence-corrected chi connectivity index (χ3v) is 4.07. The second-order valence-corrected chi connectivity index (χ2v) is 6.32. The van der Waals surface area contributed by atoms with Gasteiger partial charge in [0.05, 0.1) is 0 Å². The highest BCUT2D eigenvalue weighted by molar-refractivity contribution is 6.30. The smallest absolute Gasteiger partial charge is 0.226 e. The molecule has 0 radical (unpaired) electrons. The number of hydrogen-bond donors (Lipinski definition) is 1. The van der Waals surface area contributed by atoms with Crippen LogP contribution in [0.15, 0.2) is 47.0 Å². The Morgan fingerprint density at radius 2 is 2.00 bits per heavy atom. The molecule has 3 aromatic rings. The number of nitrogens with one attached hydrogen (secondary N) is 1. The monoisotopic (exact) mass is 373 g/mol. The minimum Gasteiger partial charge on any atom is -0.339 e. The quantitative estimate of drug-likeness (QED) is 0.674. The van der Waals surface area contributed by atoms with E-state index in [0.717, 1.165) is 5.56 Å². The van der Waals surface area contributed by atoms with Crippen molar-refractivity contribution in [3.63, 3.8) is 0 Å². The fourth-order valence-corrected chi connectivity index (χ4v) is 2.49. The van der Waals surface area contributed by atoms with E-state index in [2.05, 4.69) is 15.5 Å². The van der Waals surface area contributed by atoms with Crippen LogP contribution >= 0.6 is 11.6 Å². The molecule has 1 heterocycles. The number of rotatable bonds is 6. The predicted molar refractivity (Wildman–Crippen MR) is 97.4 cm³/mol. The van der Waals surface area contributed by atoms with Crippen LogP contribution in [0.25, 0.3) is 11.4 Å². The number of anilines is 1. The van der Waals surface area contributed by atoms with Gasteiger partial charge in [0.25, 0.3) is 0 Å². The van der Waals surface area contributed by atoms with E-state index in [1.165, 1.54) is 6.07 Å². The summed E-state index contributed by atoms with van der Waals surface area (Å²) in [5.74, 6) is 0.412. The number of carbonyl (C=O) groups is 1. The molecule has 0 saturated carbocycles. The molecule has 0 atom stereocenters. The summed E-state index contributed by atoms with van der Waals surface area (Å²) in [5, 5.41) is 7.24. The topological polar surface area (TPSA) is 68.0 Å². The molecule has 0 aliphatic heterocycles. The SMILES string of the molecule is Cc1ccc(NC(=O)CCCc2nc(-c3ccc(Cl)cc3)no2)cc1F. The summed E-state index contributed by atoms with van der Waals surface area (Å²) in [6.45, 7) is 1.67. The molecule has 0 bridgehead atoms. The van der Waals surface area contributed by atoms with Crippen LogP contribution in [0.5, 0.6) is 0 Å². The lowest BCUT2D eigenvalue weighted by atomic mass is 10.2. The van der Waals surface area contributed by atoms with Gasteiger partial charge in [0.1, 0.15) is 5.82 Å². The Morgan fingerprint density at radius 3 is 2.73 bits per heavy atom. The van der Waals surface area contributed by atoms with Gasteiger partial charge in [0.2, 0.25) is 17.6 Å². The summed E-state index contributed by atoms with van der Waals surface area (Å²) >= 11 is 5.85. The zero-order valence-corrected chi connectivity index (χ0v) is 14.9. The molecule has 5 nitrogen and oxygen atoms in total. The second-order valence-electron chi connectivity index (χ2n) is 5.88. The molecule has 0 saturated heterocycles. The van der Waals surface area contributed by atoms with Crippen LogP contribution in [-0.4, -0.2) is 16.0 Å². The van der Waals surface area contributed by atoms with Crippen molar-refractivity contribution in [2.24, 2.45) is 0 Å². The molecule has 0 aliphatic rings. The van der Waals surface area contributed by atoms with Crippen LogP contribution in [0, 0.1) is 12.7 Å². The fourth-order valence-electron chi connectivity index (χ4n) is 2.37. The van der Waals surface area contributed by atoms with Gasteiger partial charge < -0.3 is 9.84 Å². The van der Waals surface area contributed by atoms with Crippen LogP contribution in [0.3, 0.4) is 0 Å². The lowest BCUT2D eigenvalue weighted by Gasteiger charge is -2.05. The number of nitrogens with zero attached hydrogens (tertiary/aromatic N) is 2. The summed E-state index contributed by atoms with van der Waals surface area (Å²) in [5.41, 5.74) is 1.79. The van der Waals surface area contributed by atoms with Gasteiger partial charge in [-0.25, -0.2) is 4.39 Å². The first-order valence-electron chi connectivity index (χ1n) is 8.16. The first-order chi connectivity index (χ1) is 12.5. The van der Waals surface area contributed by atoms with Gasteiger partial charge in [0, 0.05) is 29.1 Å². The number of carbonyl (C=O) groups excluding carboxylic acids is 1. The highest BCUT2D eigenvalue weighted by Gasteiger charge is 2.10. The molecule has 0 spiro atoms. The number of aryl methyl sites for hydroxylation is 2. The van der Waals surface area contributed by atoms with E-state index in [0.29, 0.717) is 40.8 Å². The van der Waals surface area contributed by atoms with Crippen LogP contribution in [0.4, 0.5) is 10.1 Å².